The molecule has 0 aliphatic carbocycles. The Hall–Kier alpha value is -2.48. The van der Waals surface area contributed by atoms with Crippen LogP contribution in [-0.4, -0.2) is 16.1 Å². The summed E-state index contributed by atoms with van der Waals surface area (Å²) in [7, 11) is 0. The third kappa shape index (κ3) is 2.75. The molecule has 2 rings (SSSR count). The van der Waals surface area contributed by atoms with Gasteiger partial charge in [0, 0.05) is 29.2 Å². The third-order valence-electron chi connectivity index (χ3n) is 2.68. The summed E-state index contributed by atoms with van der Waals surface area (Å²) in [6.45, 7) is 0. The fourth-order valence-electron chi connectivity index (χ4n) is 1.70. The minimum absolute atomic E-state index is 0.285. The standard InChI is InChI=1S/C12H10N3O4S/c1-20-10-4-6-13(7-5-10)11-3-2-9(14(16)17)8-12(11)15(18)19/h2-8H,1H3/q+1. The van der Waals surface area contributed by atoms with Crippen LogP contribution in [0.2, 0.25) is 0 Å². The van der Waals surface area contributed by atoms with Crippen LogP contribution >= 0.6 is 11.8 Å². The number of benzene rings is 1. The number of rotatable bonds is 4. The molecule has 0 bridgehead atoms. The zero-order valence-electron chi connectivity index (χ0n) is 10.4. The average Bonchev–Trinajstić information content (AvgIpc) is 2.46. The van der Waals surface area contributed by atoms with Gasteiger partial charge in [-0.3, -0.25) is 20.2 Å². The SMILES string of the molecule is CSc1cc[n+](-c2ccc([N+](=O)[O-])cc2[N+](=O)[O-])cc1. The molecule has 0 unspecified atom stereocenters. The maximum atomic E-state index is 11.1. The molecular formula is C12H10N3O4S+. The van der Waals surface area contributed by atoms with Gasteiger partial charge >= 0.3 is 5.69 Å². The molecule has 8 heteroatoms. The van der Waals surface area contributed by atoms with Crippen LogP contribution in [0.3, 0.4) is 0 Å². The van der Waals surface area contributed by atoms with Crippen molar-refractivity contribution in [1.82, 2.24) is 0 Å². The number of hydrogen-bond acceptors (Lipinski definition) is 5. The lowest BCUT2D eigenvalue weighted by Gasteiger charge is -1.99. The van der Waals surface area contributed by atoms with Crippen LogP contribution in [-0.2, 0) is 0 Å². The number of nitrogens with zero attached hydrogens (tertiary/aromatic N) is 3. The molecule has 0 N–H and O–H groups in total. The first-order valence-electron chi connectivity index (χ1n) is 5.51. The Morgan fingerprint density at radius 2 is 1.70 bits per heavy atom. The van der Waals surface area contributed by atoms with Crippen molar-refractivity contribution in [2.45, 2.75) is 4.90 Å². The van der Waals surface area contributed by atoms with Crippen LogP contribution in [0.15, 0.2) is 47.6 Å². The first-order chi connectivity index (χ1) is 9.52. The number of non-ortho nitro benzene ring substituents is 1. The summed E-state index contributed by atoms with van der Waals surface area (Å²) in [5, 5.41) is 21.7. The highest BCUT2D eigenvalue weighted by atomic mass is 32.2. The molecule has 7 nitrogen and oxygen atoms in total. The molecule has 0 saturated carbocycles. The highest BCUT2D eigenvalue weighted by Crippen LogP contribution is 2.24. The minimum atomic E-state index is -0.654. The average molecular weight is 292 g/mol. The fraction of sp³-hybridized carbons (Fsp3) is 0.0833. The molecule has 1 aromatic carbocycles. The Bertz CT molecular complexity index is 673. The minimum Gasteiger partial charge on any atom is -0.258 e. The van der Waals surface area contributed by atoms with Crippen molar-refractivity contribution < 1.29 is 14.4 Å². The van der Waals surface area contributed by atoms with Crippen LogP contribution in [0.5, 0.6) is 0 Å². The monoisotopic (exact) mass is 292 g/mol. The molecule has 0 aliphatic rings. The highest BCUT2D eigenvalue weighted by Gasteiger charge is 2.25. The third-order valence-corrected chi connectivity index (χ3v) is 3.42. The molecule has 0 radical (unpaired) electrons. The van der Waals surface area contributed by atoms with Gasteiger partial charge in [-0.15, -0.1) is 11.8 Å². The van der Waals surface area contributed by atoms with Gasteiger partial charge in [0.25, 0.3) is 11.4 Å². The summed E-state index contributed by atoms with van der Waals surface area (Å²) >= 11 is 1.55. The summed E-state index contributed by atoms with van der Waals surface area (Å²) < 4.78 is 1.56. The molecular weight excluding hydrogens is 282 g/mol. The molecule has 0 atom stereocenters. The van der Waals surface area contributed by atoms with E-state index in [0.29, 0.717) is 0 Å². The van der Waals surface area contributed by atoms with E-state index in [2.05, 4.69) is 0 Å². The molecule has 1 heterocycles. The summed E-state index contributed by atoms with van der Waals surface area (Å²) in [4.78, 5) is 21.5. The van der Waals surface area contributed by atoms with Crippen LogP contribution < -0.4 is 4.57 Å². The molecule has 0 saturated heterocycles. The summed E-state index contributed by atoms with van der Waals surface area (Å²) in [6, 6.07) is 7.21. The molecule has 0 aliphatic heterocycles. The second-order valence-electron chi connectivity index (χ2n) is 3.83. The molecule has 102 valence electrons. The molecule has 0 spiro atoms. The van der Waals surface area contributed by atoms with Gasteiger partial charge in [-0.2, -0.15) is 4.57 Å². The van der Waals surface area contributed by atoms with Gasteiger partial charge in [0.2, 0.25) is 0 Å². The van der Waals surface area contributed by atoms with Crippen molar-refractivity contribution in [2.24, 2.45) is 0 Å². The van der Waals surface area contributed by atoms with E-state index in [4.69, 9.17) is 0 Å². The first kappa shape index (κ1) is 13.9. The van der Waals surface area contributed by atoms with E-state index in [-0.39, 0.29) is 17.1 Å². The van der Waals surface area contributed by atoms with Crippen molar-refractivity contribution in [2.75, 3.05) is 6.26 Å². The second kappa shape index (κ2) is 5.66. The second-order valence-corrected chi connectivity index (χ2v) is 4.71. The Kier molecular flexibility index (Phi) is 3.94. The first-order valence-corrected chi connectivity index (χ1v) is 6.74. The molecule has 0 fully saturated rings. The van der Waals surface area contributed by atoms with Gasteiger partial charge in [0.1, 0.15) is 6.07 Å². The Balaban J connectivity index is 2.54. The predicted molar refractivity (Wildman–Crippen MR) is 73.1 cm³/mol. The van der Waals surface area contributed by atoms with Crippen LogP contribution in [0.4, 0.5) is 11.4 Å². The van der Waals surface area contributed by atoms with Gasteiger partial charge < -0.3 is 0 Å². The zero-order valence-corrected chi connectivity index (χ0v) is 11.2. The van der Waals surface area contributed by atoms with E-state index in [1.165, 1.54) is 12.1 Å². The van der Waals surface area contributed by atoms with Gasteiger partial charge in [0.15, 0.2) is 12.4 Å². The van der Waals surface area contributed by atoms with E-state index in [9.17, 15) is 20.2 Å². The van der Waals surface area contributed by atoms with Crippen LogP contribution in [0, 0.1) is 20.2 Å². The number of nitro benzene ring substituents is 2. The quantitative estimate of drug-likeness (QED) is 0.374. The van der Waals surface area contributed by atoms with E-state index in [1.54, 1.807) is 28.7 Å². The summed E-state index contributed by atoms with van der Waals surface area (Å²) in [6.07, 6.45) is 5.29. The Morgan fingerprint density at radius 3 is 2.20 bits per heavy atom. The van der Waals surface area contributed by atoms with E-state index in [0.717, 1.165) is 11.0 Å². The van der Waals surface area contributed by atoms with Gasteiger partial charge in [-0.05, 0) is 6.26 Å². The normalized spacial score (nSPS) is 10.2. The topological polar surface area (TPSA) is 90.2 Å². The van der Waals surface area contributed by atoms with Crippen molar-refractivity contribution in [3.63, 3.8) is 0 Å². The predicted octanol–water partition coefficient (Wildman–Crippen LogP) is 2.50. The lowest BCUT2D eigenvalue weighted by atomic mass is 10.2. The maximum Gasteiger partial charge on any atom is 0.347 e. The summed E-state index contributed by atoms with van der Waals surface area (Å²) in [5.74, 6) is 0. The number of aromatic nitrogens is 1. The number of nitro groups is 2. The molecule has 1 aromatic heterocycles. The largest absolute Gasteiger partial charge is 0.347 e. The zero-order chi connectivity index (χ0) is 14.7. The van der Waals surface area contributed by atoms with Crippen LogP contribution in [0.25, 0.3) is 5.69 Å². The maximum absolute atomic E-state index is 11.1. The van der Waals surface area contributed by atoms with Crippen molar-refractivity contribution in [3.05, 3.63) is 63.0 Å². The smallest absolute Gasteiger partial charge is 0.258 e. The molecule has 20 heavy (non-hydrogen) atoms. The molecule has 0 amide bonds. The van der Waals surface area contributed by atoms with E-state index >= 15 is 0 Å². The number of pyridine rings is 1. The van der Waals surface area contributed by atoms with Gasteiger partial charge in [-0.25, -0.2) is 0 Å². The Morgan fingerprint density at radius 1 is 1.05 bits per heavy atom. The summed E-state index contributed by atoms with van der Waals surface area (Å²) in [5.41, 5.74) is -0.323. The van der Waals surface area contributed by atoms with Gasteiger partial charge in [0.05, 0.1) is 9.85 Å². The lowest BCUT2D eigenvalue weighted by Crippen LogP contribution is -2.30. The van der Waals surface area contributed by atoms with E-state index < -0.39 is 9.85 Å². The van der Waals surface area contributed by atoms with Crippen LogP contribution in [0.1, 0.15) is 0 Å². The van der Waals surface area contributed by atoms with Crippen molar-refractivity contribution in [3.8, 4) is 5.69 Å². The fourth-order valence-corrected chi connectivity index (χ4v) is 2.09. The van der Waals surface area contributed by atoms with Gasteiger partial charge in [-0.1, -0.05) is 0 Å². The lowest BCUT2D eigenvalue weighted by molar-refractivity contribution is -0.601. The molecule has 2 aromatic rings. The number of hydrogen-bond donors (Lipinski definition) is 0. The van der Waals surface area contributed by atoms with Crippen molar-refractivity contribution in [1.29, 1.82) is 0 Å². The number of thioether (sulfide) groups is 1. The Labute approximate surface area is 118 Å². The highest BCUT2D eigenvalue weighted by molar-refractivity contribution is 7.98. The van der Waals surface area contributed by atoms with Crippen molar-refractivity contribution >= 4 is 23.1 Å². The van der Waals surface area contributed by atoms with E-state index in [1.807, 2.05) is 18.4 Å².